The van der Waals surface area contributed by atoms with Crippen LogP contribution in [0.1, 0.15) is 17.5 Å². The van der Waals surface area contributed by atoms with Crippen molar-refractivity contribution in [2.24, 2.45) is 0 Å². The molecule has 174 valence electrons. The van der Waals surface area contributed by atoms with Gasteiger partial charge in [-0.2, -0.15) is 13.2 Å². The summed E-state index contributed by atoms with van der Waals surface area (Å²) in [6, 6.07) is 4.72. The molecule has 1 atom stereocenters. The highest BCUT2D eigenvalue weighted by atomic mass is 35.5. The summed E-state index contributed by atoms with van der Waals surface area (Å²) in [7, 11) is 0. The van der Waals surface area contributed by atoms with E-state index in [1.165, 1.54) is 6.07 Å². The fraction of sp³-hybridized carbons (Fsp3) is 0.250. The monoisotopic (exact) mass is 486 g/mol. The highest BCUT2D eigenvalue weighted by Crippen LogP contribution is 2.37. The number of hydrogen-bond donors (Lipinski definition) is 3. The van der Waals surface area contributed by atoms with Gasteiger partial charge in [0.15, 0.2) is 0 Å². The Morgan fingerprint density at radius 2 is 2.09 bits per heavy atom. The fourth-order valence-electron chi connectivity index (χ4n) is 3.47. The Bertz CT molecular complexity index is 1230. The topological polar surface area (TPSA) is 108 Å². The lowest BCUT2D eigenvalue weighted by Gasteiger charge is -2.22. The van der Waals surface area contributed by atoms with E-state index < -0.39 is 35.3 Å². The number of H-pyrrole nitrogens is 1. The van der Waals surface area contributed by atoms with Gasteiger partial charge in [0.05, 0.1) is 17.4 Å². The van der Waals surface area contributed by atoms with E-state index in [1.54, 1.807) is 0 Å². The Balaban J connectivity index is 1.47. The molecule has 13 heteroatoms. The molecule has 0 aliphatic carbocycles. The molecular formula is C20H15ClF4N4O4. The second-order valence-corrected chi connectivity index (χ2v) is 7.74. The number of alkyl carbamates (subject to hydrolysis) is 1. The van der Waals surface area contributed by atoms with Crippen molar-refractivity contribution in [1.29, 1.82) is 0 Å². The zero-order valence-corrected chi connectivity index (χ0v) is 17.3. The van der Waals surface area contributed by atoms with Crippen LogP contribution in [0.15, 0.2) is 36.7 Å². The molecule has 0 radical (unpaired) electrons. The normalized spacial score (nSPS) is 18.7. The number of nitrogens with zero attached hydrogens (tertiary/aromatic N) is 2. The van der Waals surface area contributed by atoms with Crippen LogP contribution in [0.25, 0.3) is 11.0 Å². The van der Waals surface area contributed by atoms with E-state index in [4.69, 9.17) is 16.3 Å². The first-order valence-corrected chi connectivity index (χ1v) is 9.84. The Labute approximate surface area is 188 Å². The quantitative estimate of drug-likeness (QED) is 0.385. The summed E-state index contributed by atoms with van der Waals surface area (Å²) in [4.78, 5) is 32.1. The lowest BCUT2D eigenvalue weighted by atomic mass is 10.2. The molecule has 1 saturated heterocycles. The second kappa shape index (κ2) is 8.19. The average Bonchev–Trinajstić information content (AvgIpc) is 3.27. The number of carbonyl (C=O) groups is 2. The van der Waals surface area contributed by atoms with Crippen molar-refractivity contribution in [3.8, 4) is 0 Å². The molecule has 1 aliphatic heterocycles. The Morgan fingerprint density at radius 1 is 1.33 bits per heavy atom. The van der Waals surface area contributed by atoms with Crippen LogP contribution in [0.3, 0.4) is 0 Å². The number of hydrogen-bond acceptors (Lipinski definition) is 5. The number of amides is 2. The Morgan fingerprint density at radius 3 is 2.79 bits per heavy atom. The highest BCUT2D eigenvalue weighted by Gasteiger charge is 2.50. The number of benzene rings is 1. The predicted molar refractivity (Wildman–Crippen MR) is 108 cm³/mol. The van der Waals surface area contributed by atoms with E-state index in [9.17, 15) is 32.3 Å². The Hall–Kier alpha value is -3.38. The van der Waals surface area contributed by atoms with Crippen molar-refractivity contribution in [3.63, 3.8) is 0 Å². The number of halogens is 5. The highest BCUT2D eigenvalue weighted by molar-refractivity contribution is 6.30. The van der Waals surface area contributed by atoms with Crippen molar-refractivity contribution in [2.75, 3.05) is 11.4 Å². The summed E-state index contributed by atoms with van der Waals surface area (Å²) in [5.41, 5.74) is -0.676. The molecule has 0 unspecified atom stereocenters. The van der Waals surface area contributed by atoms with Gasteiger partial charge >= 0.3 is 12.3 Å². The number of ether oxygens (including phenoxy) is 1. The first-order chi connectivity index (χ1) is 15.5. The van der Waals surface area contributed by atoms with Crippen LogP contribution in [0, 0.1) is 5.82 Å². The van der Waals surface area contributed by atoms with Gasteiger partial charge in [-0.1, -0.05) is 11.6 Å². The summed E-state index contributed by atoms with van der Waals surface area (Å²) < 4.78 is 57.8. The minimum absolute atomic E-state index is 0.00747. The fourth-order valence-corrected chi connectivity index (χ4v) is 3.72. The Kier molecular flexibility index (Phi) is 5.66. The molecule has 8 nitrogen and oxygen atoms in total. The van der Waals surface area contributed by atoms with E-state index in [0.29, 0.717) is 5.56 Å². The molecule has 3 N–H and O–H groups in total. The average molecular weight is 487 g/mol. The van der Waals surface area contributed by atoms with E-state index in [-0.39, 0.29) is 41.3 Å². The lowest BCUT2D eigenvalue weighted by molar-refractivity contribution is -0.175. The van der Waals surface area contributed by atoms with Gasteiger partial charge in [0.25, 0.3) is 11.7 Å². The van der Waals surface area contributed by atoms with E-state index in [2.05, 4.69) is 15.3 Å². The number of aromatic nitrogens is 2. The van der Waals surface area contributed by atoms with Gasteiger partial charge in [0.2, 0.25) is 0 Å². The molecule has 33 heavy (non-hydrogen) atoms. The third-order valence-electron chi connectivity index (χ3n) is 5.01. The third-order valence-corrected chi connectivity index (χ3v) is 5.23. The molecule has 4 rings (SSSR count). The molecule has 1 aromatic carbocycles. The first kappa shape index (κ1) is 22.8. The molecule has 3 aromatic rings. The molecule has 0 saturated carbocycles. The van der Waals surface area contributed by atoms with E-state index >= 15 is 0 Å². The molecule has 0 spiro atoms. The van der Waals surface area contributed by atoms with Crippen molar-refractivity contribution in [3.05, 3.63) is 58.6 Å². The molecule has 3 heterocycles. The summed E-state index contributed by atoms with van der Waals surface area (Å²) in [5, 5.41) is 12.7. The maximum absolute atomic E-state index is 13.4. The van der Waals surface area contributed by atoms with Gasteiger partial charge in [-0.25, -0.2) is 14.2 Å². The molecular weight excluding hydrogens is 472 g/mol. The van der Waals surface area contributed by atoms with Crippen LogP contribution in [0.2, 0.25) is 5.02 Å². The molecule has 0 bridgehead atoms. The maximum atomic E-state index is 13.4. The number of aliphatic hydroxyl groups is 1. The smallest absolute Gasteiger partial charge is 0.407 e. The minimum atomic E-state index is -4.64. The van der Waals surface area contributed by atoms with Crippen LogP contribution in [0.4, 0.5) is 28.0 Å². The third kappa shape index (κ3) is 4.57. The van der Waals surface area contributed by atoms with Crippen LogP contribution in [-0.4, -0.2) is 39.4 Å². The first-order valence-electron chi connectivity index (χ1n) is 9.47. The zero-order valence-electron chi connectivity index (χ0n) is 16.5. The predicted octanol–water partition coefficient (Wildman–Crippen LogP) is 3.73. The van der Waals surface area contributed by atoms with Gasteiger partial charge < -0.3 is 25.0 Å². The number of aromatic amines is 1. The van der Waals surface area contributed by atoms with Gasteiger partial charge in [-0.3, -0.25) is 4.79 Å². The van der Waals surface area contributed by atoms with Gasteiger partial charge in [0, 0.05) is 36.1 Å². The molecule has 2 amide bonds. The van der Waals surface area contributed by atoms with Crippen molar-refractivity contribution >= 4 is 40.3 Å². The summed E-state index contributed by atoms with van der Waals surface area (Å²) in [5.74, 6) is -4.20. The zero-order chi connectivity index (χ0) is 24.0. The number of fused-ring (bicyclic) bond motifs is 1. The second-order valence-electron chi connectivity index (χ2n) is 7.30. The molecule has 1 fully saturated rings. The van der Waals surface area contributed by atoms with Crippen molar-refractivity contribution in [1.82, 2.24) is 15.3 Å². The standard InChI is InChI=1S/C20H15ClF4N4O4/c21-11-3-10(4-12(22)5-11)7-28-18(31)33-19(32)1-2-29(17(19)30)13-6-14-15(20(23,24)25)9-27-16(14)26-8-13/h3-6,8-9,32H,1-2,7H2,(H,26,27)(H,28,31)/t19-/m0/s1. The lowest BCUT2D eigenvalue weighted by Crippen LogP contribution is -2.46. The van der Waals surface area contributed by atoms with Gasteiger partial charge in [-0.05, 0) is 29.8 Å². The van der Waals surface area contributed by atoms with Gasteiger partial charge in [-0.15, -0.1) is 0 Å². The SMILES string of the molecule is O=C(NCc1cc(F)cc(Cl)c1)O[C@@]1(O)CCN(c2cnc3[nH]cc(C(F)(F)F)c3c2)C1=O. The van der Waals surface area contributed by atoms with Crippen molar-refractivity contribution < 1.29 is 37.0 Å². The number of anilines is 1. The number of rotatable bonds is 4. The van der Waals surface area contributed by atoms with Crippen LogP contribution in [0.5, 0.6) is 0 Å². The van der Waals surface area contributed by atoms with E-state index in [0.717, 1.165) is 35.5 Å². The summed E-state index contributed by atoms with van der Waals surface area (Å²) in [6.45, 7) is -0.334. The molecule has 2 aromatic heterocycles. The van der Waals surface area contributed by atoms with Crippen LogP contribution < -0.4 is 10.2 Å². The molecule has 1 aliphatic rings. The van der Waals surface area contributed by atoms with E-state index in [1.807, 2.05) is 0 Å². The number of pyridine rings is 1. The largest absolute Gasteiger partial charge is 0.418 e. The number of alkyl halides is 3. The van der Waals surface area contributed by atoms with Crippen molar-refractivity contribution in [2.45, 2.75) is 24.9 Å². The van der Waals surface area contributed by atoms with Gasteiger partial charge in [0.1, 0.15) is 11.5 Å². The summed E-state index contributed by atoms with van der Waals surface area (Å²) in [6.07, 6.45) is -4.20. The minimum Gasteiger partial charge on any atom is -0.407 e. The van der Waals surface area contributed by atoms with Crippen LogP contribution >= 0.6 is 11.6 Å². The number of carbonyl (C=O) groups excluding carboxylic acids is 2. The number of nitrogens with one attached hydrogen (secondary N) is 2. The maximum Gasteiger partial charge on any atom is 0.418 e. The summed E-state index contributed by atoms with van der Waals surface area (Å²) >= 11 is 5.74. The van der Waals surface area contributed by atoms with Crippen LogP contribution in [-0.2, 0) is 22.3 Å².